The number of carbonyl (C=O) groups is 1. The van der Waals surface area contributed by atoms with Gasteiger partial charge in [-0.3, -0.25) is 4.79 Å². The summed E-state index contributed by atoms with van der Waals surface area (Å²) in [5, 5.41) is 6.79. The molecule has 0 radical (unpaired) electrons. The summed E-state index contributed by atoms with van der Waals surface area (Å²) in [4.78, 5) is 20.9. The van der Waals surface area contributed by atoms with E-state index in [1.165, 1.54) is 5.56 Å². The van der Waals surface area contributed by atoms with Crippen molar-refractivity contribution < 1.29 is 13.7 Å². The van der Waals surface area contributed by atoms with Crippen molar-refractivity contribution in [1.82, 2.24) is 25.0 Å². The fraction of sp³-hybridized carbons (Fsp3) is 0.167. The molecular formula is C24H21N5O3. The number of amides is 1. The molecule has 0 aliphatic heterocycles. The van der Waals surface area contributed by atoms with Crippen molar-refractivity contribution in [2.45, 2.75) is 25.9 Å². The summed E-state index contributed by atoms with van der Waals surface area (Å²) in [5.41, 5.74) is 4.31. The number of benzene rings is 2. The quantitative estimate of drug-likeness (QED) is 0.402. The summed E-state index contributed by atoms with van der Waals surface area (Å²) in [6, 6.07) is 19.8. The van der Waals surface area contributed by atoms with Crippen molar-refractivity contribution >= 4 is 16.9 Å². The van der Waals surface area contributed by atoms with Crippen LogP contribution in [-0.2, 0) is 24.3 Å². The molecule has 5 aromatic rings. The molecule has 0 spiro atoms. The van der Waals surface area contributed by atoms with E-state index in [1.54, 1.807) is 18.4 Å². The zero-order chi connectivity index (χ0) is 21.8. The lowest BCUT2D eigenvalue weighted by Gasteiger charge is -2.07. The minimum absolute atomic E-state index is 0.0725. The Morgan fingerprint density at radius 3 is 2.69 bits per heavy atom. The van der Waals surface area contributed by atoms with Gasteiger partial charge in [0.15, 0.2) is 5.76 Å². The average Bonchev–Trinajstić information content (AvgIpc) is 3.58. The Morgan fingerprint density at radius 2 is 1.84 bits per heavy atom. The van der Waals surface area contributed by atoms with Gasteiger partial charge in [-0.25, -0.2) is 4.98 Å². The molecule has 5 rings (SSSR count). The second kappa shape index (κ2) is 8.89. The van der Waals surface area contributed by atoms with Crippen molar-refractivity contribution in [2.75, 3.05) is 0 Å². The van der Waals surface area contributed by atoms with Gasteiger partial charge in [0, 0.05) is 25.9 Å². The molecule has 0 atom stereocenters. The fourth-order valence-electron chi connectivity index (χ4n) is 3.47. The second-order valence-corrected chi connectivity index (χ2v) is 7.44. The third-order valence-corrected chi connectivity index (χ3v) is 5.17. The van der Waals surface area contributed by atoms with Crippen LogP contribution in [-0.4, -0.2) is 25.6 Å². The lowest BCUT2D eigenvalue weighted by molar-refractivity contribution is -0.121. The van der Waals surface area contributed by atoms with Gasteiger partial charge >= 0.3 is 0 Å². The van der Waals surface area contributed by atoms with E-state index < -0.39 is 0 Å². The van der Waals surface area contributed by atoms with Crippen LogP contribution in [0.3, 0.4) is 0 Å². The Kier molecular flexibility index (Phi) is 5.48. The van der Waals surface area contributed by atoms with Crippen LogP contribution in [0.1, 0.15) is 23.4 Å². The van der Waals surface area contributed by atoms with Gasteiger partial charge < -0.3 is 18.8 Å². The molecule has 160 valence electrons. The average molecular weight is 427 g/mol. The summed E-state index contributed by atoms with van der Waals surface area (Å²) in [6.45, 7) is 1.21. The number of hydrogen-bond donors (Lipinski definition) is 1. The molecule has 2 aromatic carbocycles. The van der Waals surface area contributed by atoms with Crippen LogP contribution >= 0.6 is 0 Å². The van der Waals surface area contributed by atoms with Crippen molar-refractivity contribution in [3.8, 4) is 11.6 Å². The number of nitrogens with zero attached hydrogens (tertiary/aromatic N) is 4. The molecule has 1 N–H and O–H groups in total. The highest BCUT2D eigenvalue weighted by Crippen LogP contribution is 2.17. The molecule has 3 heterocycles. The first-order chi connectivity index (χ1) is 15.7. The van der Waals surface area contributed by atoms with Crippen LogP contribution < -0.4 is 5.32 Å². The molecule has 0 aliphatic carbocycles. The summed E-state index contributed by atoms with van der Waals surface area (Å²) in [7, 11) is 0. The zero-order valence-corrected chi connectivity index (χ0v) is 17.3. The molecule has 0 bridgehead atoms. The van der Waals surface area contributed by atoms with Crippen molar-refractivity contribution in [1.29, 1.82) is 0 Å². The van der Waals surface area contributed by atoms with Crippen LogP contribution in [0.15, 0.2) is 82.2 Å². The molecule has 32 heavy (non-hydrogen) atoms. The first kappa shape index (κ1) is 19.7. The highest BCUT2D eigenvalue weighted by Gasteiger charge is 2.12. The zero-order valence-electron chi connectivity index (χ0n) is 17.3. The predicted molar refractivity (Wildman–Crippen MR) is 117 cm³/mol. The van der Waals surface area contributed by atoms with E-state index >= 15 is 0 Å². The SMILES string of the molecule is O=C(CCc1nc(-c2ccco2)no1)NCc1ccc(Cn2cnc3ccccc32)cc1. The summed E-state index contributed by atoms with van der Waals surface area (Å²) < 4.78 is 12.5. The highest BCUT2D eigenvalue weighted by molar-refractivity contribution is 5.76. The van der Waals surface area contributed by atoms with Gasteiger partial charge in [-0.1, -0.05) is 41.6 Å². The second-order valence-electron chi connectivity index (χ2n) is 7.44. The molecule has 0 unspecified atom stereocenters. The summed E-state index contributed by atoms with van der Waals surface area (Å²) in [6.07, 6.45) is 4.05. The van der Waals surface area contributed by atoms with Gasteiger partial charge in [-0.2, -0.15) is 4.98 Å². The minimum Gasteiger partial charge on any atom is -0.461 e. The normalized spacial score (nSPS) is 11.1. The lowest BCUT2D eigenvalue weighted by Crippen LogP contribution is -2.23. The van der Waals surface area contributed by atoms with Gasteiger partial charge in [0.25, 0.3) is 0 Å². The van der Waals surface area contributed by atoms with E-state index in [0.717, 1.165) is 23.1 Å². The van der Waals surface area contributed by atoms with Gasteiger partial charge in [0.1, 0.15) is 0 Å². The number of carbonyl (C=O) groups excluding carboxylic acids is 1. The Hall–Kier alpha value is -4.20. The van der Waals surface area contributed by atoms with E-state index in [-0.39, 0.29) is 12.3 Å². The van der Waals surface area contributed by atoms with Gasteiger partial charge in [-0.05, 0) is 35.4 Å². The first-order valence-corrected chi connectivity index (χ1v) is 10.4. The van der Waals surface area contributed by atoms with Gasteiger partial charge in [0.05, 0.1) is 23.6 Å². The number of para-hydroxylation sites is 2. The molecule has 0 saturated carbocycles. The topological polar surface area (TPSA) is 99.0 Å². The molecular weight excluding hydrogens is 406 g/mol. The predicted octanol–water partition coefficient (Wildman–Crippen LogP) is 3.98. The van der Waals surface area contributed by atoms with Crippen LogP contribution in [0.5, 0.6) is 0 Å². The van der Waals surface area contributed by atoms with Gasteiger partial charge in [-0.15, -0.1) is 0 Å². The Morgan fingerprint density at radius 1 is 1.00 bits per heavy atom. The van der Waals surface area contributed by atoms with Gasteiger partial charge in [0.2, 0.25) is 17.6 Å². The molecule has 8 nitrogen and oxygen atoms in total. The van der Waals surface area contributed by atoms with E-state index in [0.29, 0.717) is 30.4 Å². The summed E-state index contributed by atoms with van der Waals surface area (Å²) in [5.74, 6) is 1.25. The third-order valence-electron chi connectivity index (χ3n) is 5.17. The molecule has 3 aromatic heterocycles. The maximum Gasteiger partial charge on any atom is 0.238 e. The minimum atomic E-state index is -0.0725. The molecule has 0 saturated heterocycles. The molecule has 0 aliphatic rings. The van der Waals surface area contributed by atoms with Crippen molar-refractivity contribution in [3.63, 3.8) is 0 Å². The number of rotatable bonds is 8. The number of hydrogen-bond acceptors (Lipinski definition) is 6. The van der Waals surface area contributed by atoms with E-state index in [9.17, 15) is 4.79 Å². The van der Waals surface area contributed by atoms with E-state index in [4.69, 9.17) is 8.94 Å². The largest absolute Gasteiger partial charge is 0.461 e. The number of imidazole rings is 1. The number of aromatic nitrogens is 4. The maximum atomic E-state index is 12.2. The Balaban J connectivity index is 1.10. The standard InChI is InChI=1S/C24H21N5O3/c30-22(11-12-23-27-24(28-32-23)21-6-3-13-31-21)25-14-17-7-9-18(10-8-17)15-29-16-26-19-4-1-2-5-20(19)29/h1-10,13,16H,11-12,14-15H2,(H,25,30). The fourth-order valence-corrected chi connectivity index (χ4v) is 3.47. The van der Waals surface area contributed by atoms with Crippen LogP contribution in [0.25, 0.3) is 22.6 Å². The first-order valence-electron chi connectivity index (χ1n) is 10.4. The number of nitrogens with one attached hydrogen (secondary N) is 1. The summed E-state index contributed by atoms with van der Waals surface area (Å²) >= 11 is 0. The maximum absolute atomic E-state index is 12.2. The number of aryl methyl sites for hydroxylation is 1. The van der Waals surface area contributed by atoms with Crippen molar-refractivity contribution in [2.24, 2.45) is 0 Å². The van der Waals surface area contributed by atoms with E-state index in [1.807, 2.05) is 36.7 Å². The third kappa shape index (κ3) is 4.44. The Labute approximate surface area is 183 Å². The Bertz CT molecular complexity index is 1320. The molecule has 8 heteroatoms. The van der Waals surface area contributed by atoms with Crippen LogP contribution in [0, 0.1) is 0 Å². The number of fused-ring (bicyclic) bond motifs is 1. The molecule has 0 fully saturated rings. The lowest BCUT2D eigenvalue weighted by atomic mass is 10.1. The smallest absolute Gasteiger partial charge is 0.238 e. The van der Waals surface area contributed by atoms with E-state index in [2.05, 4.69) is 43.2 Å². The highest BCUT2D eigenvalue weighted by atomic mass is 16.5. The van der Waals surface area contributed by atoms with Crippen molar-refractivity contribution in [3.05, 3.63) is 90.3 Å². The van der Waals surface area contributed by atoms with Crippen LogP contribution in [0.2, 0.25) is 0 Å². The monoisotopic (exact) mass is 427 g/mol. The van der Waals surface area contributed by atoms with Crippen LogP contribution in [0.4, 0.5) is 0 Å². The molecule has 1 amide bonds. The number of furan rings is 1.